The molecule has 0 radical (unpaired) electrons. The highest BCUT2D eigenvalue weighted by atomic mass is 19.4. The van der Waals surface area contributed by atoms with Gasteiger partial charge in [-0.15, -0.1) is 0 Å². The van der Waals surface area contributed by atoms with E-state index in [-0.39, 0.29) is 29.2 Å². The van der Waals surface area contributed by atoms with Crippen LogP contribution < -0.4 is 10.5 Å². The summed E-state index contributed by atoms with van der Waals surface area (Å²) in [4.78, 5) is 3.85. The Kier molecular flexibility index (Phi) is 4.99. The van der Waals surface area contributed by atoms with E-state index in [4.69, 9.17) is 10.5 Å². The number of hydrogen-bond acceptors (Lipinski definition) is 5. The smallest absolute Gasteiger partial charge is 0.424 e. The highest BCUT2D eigenvalue weighted by Gasteiger charge is 2.56. The first-order valence-electron chi connectivity index (χ1n) is 8.54. The summed E-state index contributed by atoms with van der Waals surface area (Å²) in [6, 6.07) is 6.38. The van der Waals surface area contributed by atoms with Gasteiger partial charge in [-0.25, -0.2) is 4.98 Å². The first kappa shape index (κ1) is 21.9. The first-order chi connectivity index (χ1) is 13.8. The summed E-state index contributed by atoms with van der Waals surface area (Å²) < 4.78 is 84.6. The SMILES string of the molecule is C[C@]1(C#N)COc2c1cc([C@@](O)(CN)C(F)(F)F)nc2-c1ccc(C(F)(F)F)cc1. The number of fused-ring (bicyclic) bond motifs is 1. The Balaban J connectivity index is 2.28. The molecule has 1 aromatic heterocycles. The van der Waals surface area contributed by atoms with Crippen LogP contribution in [0.2, 0.25) is 0 Å². The van der Waals surface area contributed by atoms with Gasteiger partial charge in [0.25, 0.3) is 0 Å². The van der Waals surface area contributed by atoms with Crippen molar-refractivity contribution in [3.8, 4) is 23.1 Å². The van der Waals surface area contributed by atoms with E-state index < -0.39 is 41.2 Å². The van der Waals surface area contributed by atoms with E-state index in [9.17, 15) is 36.7 Å². The molecule has 1 aliphatic heterocycles. The summed E-state index contributed by atoms with van der Waals surface area (Å²) in [5, 5.41) is 19.7. The molecule has 11 heteroatoms. The Bertz CT molecular complexity index is 1010. The first-order valence-corrected chi connectivity index (χ1v) is 8.54. The normalized spacial score (nSPS) is 20.8. The molecule has 2 heterocycles. The van der Waals surface area contributed by atoms with Gasteiger partial charge >= 0.3 is 12.4 Å². The van der Waals surface area contributed by atoms with Crippen LogP contribution in [0.1, 0.15) is 23.7 Å². The average Bonchev–Trinajstić information content (AvgIpc) is 3.02. The Morgan fingerprint density at radius 3 is 2.27 bits per heavy atom. The van der Waals surface area contributed by atoms with E-state index in [1.54, 1.807) is 0 Å². The average molecular weight is 431 g/mol. The standard InChI is InChI=1S/C19H15F6N3O2/c1-16(7-26)9-30-15-12(16)6-13(17(29,8-27)19(23,24)25)28-14(15)10-2-4-11(5-3-10)18(20,21)22/h2-6,29H,8-9,27H2,1H3/t16-,17-/m0/s1. The van der Waals surface area contributed by atoms with Gasteiger partial charge in [0.15, 0.2) is 5.75 Å². The molecule has 160 valence electrons. The van der Waals surface area contributed by atoms with Crippen molar-refractivity contribution in [2.75, 3.05) is 13.2 Å². The molecule has 0 saturated heterocycles. The second-order valence-corrected chi connectivity index (χ2v) is 7.10. The van der Waals surface area contributed by atoms with Crippen LogP contribution in [-0.2, 0) is 17.2 Å². The second kappa shape index (κ2) is 6.85. The van der Waals surface area contributed by atoms with Crippen LogP contribution in [-0.4, -0.2) is 29.4 Å². The van der Waals surface area contributed by atoms with Gasteiger partial charge in [0.1, 0.15) is 17.7 Å². The van der Waals surface area contributed by atoms with Crippen molar-refractivity contribution in [3.63, 3.8) is 0 Å². The maximum absolute atomic E-state index is 13.5. The zero-order valence-corrected chi connectivity index (χ0v) is 15.4. The van der Waals surface area contributed by atoms with E-state index in [2.05, 4.69) is 4.98 Å². The highest BCUT2D eigenvalue weighted by Crippen LogP contribution is 2.47. The molecule has 1 aromatic carbocycles. The van der Waals surface area contributed by atoms with Crippen LogP contribution in [0.3, 0.4) is 0 Å². The number of benzene rings is 1. The van der Waals surface area contributed by atoms with E-state index in [0.29, 0.717) is 0 Å². The zero-order valence-electron chi connectivity index (χ0n) is 15.4. The lowest BCUT2D eigenvalue weighted by Gasteiger charge is -2.29. The number of alkyl halides is 6. The molecule has 0 bridgehead atoms. The molecule has 0 aliphatic carbocycles. The lowest BCUT2D eigenvalue weighted by atomic mass is 9.83. The number of ether oxygens (including phenoxy) is 1. The number of halogens is 6. The minimum Gasteiger partial charge on any atom is -0.489 e. The van der Waals surface area contributed by atoms with Crippen molar-refractivity contribution in [1.29, 1.82) is 5.26 Å². The molecule has 5 nitrogen and oxygen atoms in total. The fourth-order valence-electron chi connectivity index (χ4n) is 3.07. The summed E-state index contributed by atoms with van der Waals surface area (Å²) in [5.41, 5.74) is -1.71. The number of nitrogens with two attached hydrogens (primary N) is 1. The van der Waals surface area contributed by atoms with E-state index in [1.165, 1.54) is 6.92 Å². The maximum atomic E-state index is 13.5. The summed E-state index contributed by atoms with van der Waals surface area (Å²) >= 11 is 0. The molecular weight excluding hydrogens is 416 g/mol. The van der Waals surface area contributed by atoms with Gasteiger partial charge in [-0.1, -0.05) is 12.1 Å². The third-order valence-corrected chi connectivity index (χ3v) is 4.99. The number of hydrogen-bond donors (Lipinski definition) is 2. The number of nitriles is 1. The van der Waals surface area contributed by atoms with Gasteiger partial charge < -0.3 is 15.6 Å². The Morgan fingerprint density at radius 2 is 1.80 bits per heavy atom. The summed E-state index contributed by atoms with van der Waals surface area (Å²) in [7, 11) is 0. The minimum atomic E-state index is -5.19. The third kappa shape index (κ3) is 3.36. The van der Waals surface area contributed by atoms with Gasteiger partial charge in [-0.3, -0.25) is 0 Å². The van der Waals surface area contributed by atoms with Crippen LogP contribution >= 0.6 is 0 Å². The topological polar surface area (TPSA) is 92.2 Å². The van der Waals surface area contributed by atoms with E-state index in [1.807, 2.05) is 6.07 Å². The Hall–Kier alpha value is -2.84. The largest absolute Gasteiger partial charge is 0.489 e. The number of rotatable bonds is 3. The molecule has 0 saturated carbocycles. The fraction of sp³-hybridized carbons (Fsp3) is 0.368. The number of aliphatic hydroxyl groups is 1. The molecule has 0 unspecified atom stereocenters. The predicted molar refractivity (Wildman–Crippen MR) is 92.1 cm³/mol. The molecule has 0 amide bonds. The third-order valence-electron chi connectivity index (χ3n) is 4.99. The summed E-state index contributed by atoms with van der Waals surface area (Å²) in [5.74, 6) is -0.0379. The fourth-order valence-corrected chi connectivity index (χ4v) is 3.07. The van der Waals surface area contributed by atoms with Crippen LogP contribution in [0.15, 0.2) is 30.3 Å². The molecular formula is C19H15F6N3O2. The van der Waals surface area contributed by atoms with Gasteiger partial charge in [-0.2, -0.15) is 31.6 Å². The molecule has 2 atom stereocenters. The van der Waals surface area contributed by atoms with Crippen LogP contribution in [0.5, 0.6) is 5.75 Å². The molecule has 0 spiro atoms. The summed E-state index contributed by atoms with van der Waals surface area (Å²) in [6.07, 6.45) is -9.80. The van der Waals surface area contributed by atoms with Gasteiger partial charge in [0.05, 0.1) is 17.3 Å². The van der Waals surface area contributed by atoms with Crippen LogP contribution in [0.4, 0.5) is 26.3 Å². The minimum absolute atomic E-state index is 0.0184. The predicted octanol–water partition coefficient (Wildman–Crippen LogP) is 3.65. The summed E-state index contributed by atoms with van der Waals surface area (Å²) in [6.45, 7) is -0.0300. The van der Waals surface area contributed by atoms with Crippen molar-refractivity contribution in [2.24, 2.45) is 5.73 Å². The van der Waals surface area contributed by atoms with Gasteiger partial charge in [0.2, 0.25) is 5.60 Å². The van der Waals surface area contributed by atoms with Gasteiger partial charge in [-0.05, 0) is 25.1 Å². The van der Waals surface area contributed by atoms with Crippen LogP contribution in [0, 0.1) is 11.3 Å². The quantitative estimate of drug-likeness (QED) is 0.724. The molecule has 0 fully saturated rings. The van der Waals surface area contributed by atoms with Crippen LogP contribution in [0.25, 0.3) is 11.3 Å². The van der Waals surface area contributed by atoms with Crippen molar-refractivity contribution < 1.29 is 36.2 Å². The van der Waals surface area contributed by atoms with Crippen molar-refractivity contribution in [1.82, 2.24) is 4.98 Å². The Morgan fingerprint density at radius 1 is 1.20 bits per heavy atom. The van der Waals surface area contributed by atoms with Crippen molar-refractivity contribution >= 4 is 0 Å². The van der Waals surface area contributed by atoms with Crippen molar-refractivity contribution in [3.05, 3.63) is 47.2 Å². The molecule has 3 rings (SSSR count). The number of pyridine rings is 1. The van der Waals surface area contributed by atoms with Crippen molar-refractivity contribution in [2.45, 2.75) is 30.3 Å². The monoisotopic (exact) mass is 431 g/mol. The lowest BCUT2D eigenvalue weighted by Crippen LogP contribution is -2.49. The molecule has 3 N–H and O–H groups in total. The number of aromatic nitrogens is 1. The Labute approximate surface area is 166 Å². The van der Waals surface area contributed by atoms with E-state index in [0.717, 1.165) is 30.3 Å². The molecule has 1 aliphatic rings. The van der Waals surface area contributed by atoms with Gasteiger partial charge in [0, 0.05) is 17.7 Å². The highest BCUT2D eigenvalue weighted by molar-refractivity contribution is 5.71. The molecule has 30 heavy (non-hydrogen) atoms. The molecule has 2 aromatic rings. The second-order valence-electron chi connectivity index (χ2n) is 7.10. The zero-order chi connectivity index (χ0) is 22.5. The number of nitrogens with zero attached hydrogens (tertiary/aromatic N) is 2. The lowest BCUT2D eigenvalue weighted by molar-refractivity contribution is -0.263. The van der Waals surface area contributed by atoms with E-state index >= 15 is 0 Å². The maximum Gasteiger partial charge on any atom is 0.424 e.